The fraction of sp³-hybridized carbons (Fsp3) is 0.714. The molecule has 1 heterocycles. The number of rotatable bonds is 8. The fourth-order valence-corrected chi connectivity index (χ4v) is 1.72. The Kier molecular flexibility index (Phi) is 6.39. The third kappa shape index (κ3) is 5.21. The summed E-state index contributed by atoms with van der Waals surface area (Å²) in [5.74, 6) is 2.11. The first kappa shape index (κ1) is 15.2. The van der Waals surface area contributed by atoms with Crippen LogP contribution in [0.3, 0.4) is 0 Å². The largest absolute Gasteiger partial charge is 0.465 e. The number of hydrogen-bond donors (Lipinski definition) is 1. The molecule has 0 saturated carbocycles. The van der Waals surface area contributed by atoms with E-state index in [-0.39, 0.29) is 12.0 Å². The molecule has 104 valence electrons. The molecule has 0 aromatic carbocycles. The van der Waals surface area contributed by atoms with E-state index in [1.165, 1.54) is 0 Å². The fourth-order valence-electron chi connectivity index (χ4n) is 1.72. The highest BCUT2D eigenvalue weighted by atomic mass is 16.5. The van der Waals surface area contributed by atoms with E-state index in [9.17, 15) is 5.11 Å². The number of aliphatic hydroxyl groups excluding tert-OH is 1. The lowest BCUT2D eigenvalue weighted by atomic mass is 10.1. The lowest BCUT2D eigenvalue weighted by molar-refractivity contribution is 0.0562. The van der Waals surface area contributed by atoms with Gasteiger partial charge in [-0.15, -0.1) is 0 Å². The van der Waals surface area contributed by atoms with Crippen LogP contribution in [0, 0.1) is 12.8 Å². The summed E-state index contributed by atoms with van der Waals surface area (Å²) in [7, 11) is 1.69. The predicted molar refractivity (Wildman–Crippen MR) is 71.4 cm³/mol. The monoisotopic (exact) mass is 255 g/mol. The van der Waals surface area contributed by atoms with Gasteiger partial charge in [0.15, 0.2) is 0 Å². The zero-order valence-corrected chi connectivity index (χ0v) is 11.8. The van der Waals surface area contributed by atoms with Gasteiger partial charge in [0.1, 0.15) is 11.5 Å². The molecule has 0 amide bonds. The van der Waals surface area contributed by atoms with Gasteiger partial charge >= 0.3 is 0 Å². The van der Waals surface area contributed by atoms with Crippen LogP contribution in [0.4, 0.5) is 0 Å². The SMILES string of the molecule is COCCN(Cc1ccc(C)o1)C[C@@H](O)C(C)C. The van der Waals surface area contributed by atoms with Crippen LogP contribution in [0.5, 0.6) is 0 Å². The molecule has 0 spiro atoms. The smallest absolute Gasteiger partial charge is 0.118 e. The summed E-state index contributed by atoms with van der Waals surface area (Å²) in [4.78, 5) is 2.16. The number of aryl methyl sites for hydroxylation is 1. The maximum Gasteiger partial charge on any atom is 0.118 e. The van der Waals surface area contributed by atoms with E-state index >= 15 is 0 Å². The van der Waals surface area contributed by atoms with Crippen molar-refractivity contribution in [1.29, 1.82) is 0 Å². The highest BCUT2D eigenvalue weighted by Crippen LogP contribution is 2.11. The van der Waals surface area contributed by atoms with Gasteiger partial charge in [-0.2, -0.15) is 0 Å². The van der Waals surface area contributed by atoms with Crippen molar-refractivity contribution in [3.8, 4) is 0 Å². The Hall–Kier alpha value is -0.840. The van der Waals surface area contributed by atoms with Crippen LogP contribution in [0.1, 0.15) is 25.4 Å². The average Bonchev–Trinajstić information content (AvgIpc) is 2.71. The second kappa shape index (κ2) is 7.56. The standard InChI is InChI=1S/C14H25NO3/c1-11(2)14(16)10-15(7-8-17-4)9-13-6-5-12(3)18-13/h5-6,11,14,16H,7-10H2,1-4H3/t14-/m1/s1. The van der Waals surface area contributed by atoms with E-state index in [1.807, 2.05) is 32.9 Å². The molecule has 0 bridgehead atoms. The molecular weight excluding hydrogens is 230 g/mol. The van der Waals surface area contributed by atoms with Gasteiger partial charge in [0.05, 0.1) is 19.3 Å². The predicted octanol–water partition coefficient (Wildman–Crippen LogP) is 2.05. The second-order valence-corrected chi connectivity index (χ2v) is 5.05. The molecule has 18 heavy (non-hydrogen) atoms. The first-order valence-corrected chi connectivity index (χ1v) is 6.47. The zero-order chi connectivity index (χ0) is 13.5. The van der Waals surface area contributed by atoms with Gasteiger partial charge in [-0.1, -0.05) is 13.8 Å². The molecule has 1 aromatic heterocycles. The van der Waals surface area contributed by atoms with Crippen molar-refractivity contribution in [3.05, 3.63) is 23.7 Å². The number of aliphatic hydroxyl groups is 1. The van der Waals surface area contributed by atoms with Crippen molar-refractivity contribution >= 4 is 0 Å². The molecule has 0 fully saturated rings. The van der Waals surface area contributed by atoms with Crippen LogP contribution in [0.2, 0.25) is 0 Å². The minimum Gasteiger partial charge on any atom is -0.465 e. The van der Waals surface area contributed by atoms with Crippen molar-refractivity contribution in [2.45, 2.75) is 33.4 Å². The molecule has 1 rings (SSSR count). The second-order valence-electron chi connectivity index (χ2n) is 5.05. The molecule has 4 nitrogen and oxygen atoms in total. The highest BCUT2D eigenvalue weighted by molar-refractivity contribution is 5.05. The Morgan fingerprint density at radius 2 is 2.11 bits per heavy atom. The van der Waals surface area contributed by atoms with Crippen molar-refractivity contribution in [2.24, 2.45) is 5.92 Å². The Balaban J connectivity index is 2.54. The van der Waals surface area contributed by atoms with E-state index < -0.39 is 0 Å². The van der Waals surface area contributed by atoms with Crippen LogP contribution < -0.4 is 0 Å². The number of nitrogens with zero attached hydrogens (tertiary/aromatic N) is 1. The molecule has 0 unspecified atom stereocenters. The van der Waals surface area contributed by atoms with E-state index in [4.69, 9.17) is 9.15 Å². The molecule has 0 saturated heterocycles. The Morgan fingerprint density at radius 3 is 2.61 bits per heavy atom. The quantitative estimate of drug-likeness (QED) is 0.772. The summed E-state index contributed by atoms with van der Waals surface area (Å²) in [6, 6.07) is 3.94. The summed E-state index contributed by atoms with van der Waals surface area (Å²) >= 11 is 0. The number of ether oxygens (including phenoxy) is 1. The van der Waals surface area contributed by atoms with E-state index in [2.05, 4.69) is 4.90 Å². The summed E-state index contributed by atoms with van der Waals surface area (Å²) in [5, 5.41) is 9.97. The first-order valence-electron chi connectivity index (χ1n) is 6.47. The van der Waals surface area contributed by atoms with Crippen LogP contribution in [0.15, 0.2) is 16.5 Å². The molecule has 1 N–H and O–H groups in total. The van der Waals surface area contributed by atoms with Crippen LogP contribution in [0.25, 0.3) is 0 Å². The normalized spacial score (nSPS) is 13.5. The van der Waals surface area contributed by atoms with E-state index in [1.54, 1.807) is 7.11 Å². The van der Waals surface area contributed by atoms with Gasteiger partial charge in [0.2, 0.25) is 0 Å². The topological polar surface area (TPSA) is 45.8 Å². The average molecular weight is 255 g/mol. The third-order valence-corrected chi connectivity index (χ3v) is 3.00. The molecule has 1 aromatic rings. The van der Waals surface area contributed by atoms with E-state index in [0.29, 0.717) is 19.7 Å². The van der Waals surface area contributed by atoms with Crippen molar-refractivity contribution < 1.29 is 14.3 Å². The van der Waals surface area contributed by atoms with Gasteiger partial charge in [0, 0.05) is 20.2 Å². The molecule has 0 aliphatic heterocycles. The number of hydrogen-bond acceptors (Lipinski definition) is 4. The number of methoxy groups -OCH3 is 1. The number of furan rings is 1. The minimum absolute atomic E-state index is 0.258. The molecule has 0 aliphatic rings. The molecule has 1 atom stereocenters. The molecular formula is C14H25NO3. The van der Waals surface area contributed by atoms with Gasteiger partial charge in [0.25, 0.3) is 0 Å². The Morgan fingerprint density at radius 1 is 1.39 bits per heavy atom. The molecule has 0 aliphatic carbocycles. The van der Waals surface area contributed by atoms with Gasteiger partial charge in [-0.05, 0) is 25.0 Å². The maximum atomic E-state index is 9.97. The lowest BCUT2D eigenvalue weighted by Crippen LogP contribution is -2.36. The van der Waals surface area contributed by atoms with Crippen LogP contribution in [-0.4, -0.2) is 42.9 Å². The van der Waals surface area contributed by atoms with Crippen LogP contribution >= 0.6 is 0 Å². The minimum atomic E-state index is -0.321. The van der Waals surface area contributed by atoms with Gasteiger partial charge in [-0.25, -0.2) is 0 Å². The van der Waals surface area contributed by atoms with Crippen LogP contribution in [-0.2, 0) is 11.3 Å². The zero-order valence-electron chi connectivity index (χ0n) is 11.8. The summed E-state index contributed by atoms with van der Waals surface area (Å²) in [5.41, 5.74) is 0. The van der Waals surface area contributed by atoms with Gasteiger partial charge in [-0.3, -0.25) is 4.90 Å². The maximum absolute atomic E-state index is 9.97. The Labute approximate surface area is 110 Å². The Bertz CT molecular complexity index is 336. The molecule has 0 radical (unpaired) electrons. The third-order valence-electron chi connectivity index (χ3n) is 3.00. The van der Waals surface area contributed by atoms with Crippen molar-refractivity contribution in [3.63, 3.8) is 0 Å². The summed E-state index contributed by atoms with van der Waals surface area (Å²) in [6.07, 6.45) is -0.321. The summed E-state index contributed by atoms with van der Waals surface area (Å²) < 4.78 is 10.7. The molecule has 4 heteroatoms. The van der Waals surface area contributed by atoms with Crippen molar-refractivity contribution in [1.82, 2.24) is 4.90 Å². The summed E-state index contributed by atoms with van der Waals surface area (Å²) in [6.45, 7) is 8.78. The van der Waals surface area contributed by atoms with Gasteiger partial charge < -0.3 is 14.3 Å². The van der Waals surface area contributed by atoms with E-state index in [0.717, 1.165) is 18.1 Å². The first-order chi connectivity index (χ1) is 8.52. The highest BCUT2D eigenvalue weighted by Gasteiger charge is 2.16. The van der Waals surface area contributed by atoms with Crippen molar-refractivity contribution in [2.75, 3.05) is 26.8 Å². The lowest BCUT2D eigenvalue weighted by Gasteiger charge is -2.25.